The third kappa shape index (κ3) is 5.44. The summed E-state index contributed by atoms with van der Waals surface area (Å²) in [6.07, 6.45) is 2.25. The minimum Gasteiger partial charge on any atom is -0.546 e. The molecule has 2 aromatic rings. The Labute approximate surface area is 170 Å². The van der Waals surface area contributed by atoms with Gasteiger partial charge in [0, 0.05) is 11.5 Å². The van der Waals surface area contributed by atoms with Crippen molar-refractivity contribution >= 4 is 18.1 Å². The number of carbonyl (C=O) groups is 2. The molecule has 0 radical (unpaired) electrons. The summed E-state index contributed by atoms with van der Waals surface area (Å²) in [5.74, 6) is -0.937. The fraction of sp³-hybridized carbons (Fsp3) is 0.348. The molecule has 0 heterocycles. The molecule has 3 rings (SSSR count). The van der Waals surface area contributed by atoms with E-state index in [1.807, 2.05) is 0 Å². The van der Waals surface area contributed by atoms with Gasteiger partial charge in [0.15, 0.2) is 0 Å². The Balaban J connectivity index is 1.55. The van der Waals surface area contributed by atoms with Crippen LogP contribution >= 0.6 is 0 Å². The number of nitrogens with one attached hydrogen (secondary N) is 1. The van der Waals surface area contributed by atoms with E-state index in [0.717, 1.165) is 6.42 Å². The minimum atomic E-state index is -1.31. The fourth-order valence-corrected chi connectivity index (χ4v) is 3.19. The highest BCUT2D eigenvalue weighted by atomic mass is 16.5. The van der Waals surface area contributed by atoms with Crippen LogP contribution in [-0.4, -0.2) is 24.7 Å². The zero-order chi connectivity index (χ0) is 21.0. The Bertz CT molecular complexity index is 913. The number of hydrogen-bond acceptors (Lipinski definition) is 5. The maximum atomic E-state index is 12.4. The number of hydrazone groups is 1. The number of para-hydroxylation sites is 1. The minimum absolute atomic E-state index is 0.0859. The third-order valence-corrected chi connectivity index (χ3v) is 4.97. The lowest BCUT2D eigenvalue weighted by atomic mass is 9.86. The van der Waals surface area contributed by atoms with Crippen LogP contribution in [0.3, 0.4) is 0 Å². The molecule has 0 bridgehead atoms. The molecule has 152 valence electrons. The highest BCUT2D eigenvalue weighted by molar-refractivity contribution is 5.87. The van der Waals surface area contributed by atoms with Gasteiger partial charge < -0.3 is 14.6 Å². The van der Waals surface area contributed by atoms with Crippen molar-refractivity contribution in [3.8, 4) is 5.75 Å². The topological polar surface area (TPSA) is 90.8 Å². The number of carbonyl (C=O) groups excluding carboxylic acids is 2. The molecule has 1 aliphatic rings. The normalized spacial score (nSPS) is 18.4. The largest absolute Gasteiger partial charge is 0.546 e. The van der Waals surface area contributed by atoms with E-state index in [1.165, 1.54) is 17.3 Å². The molecule has 1 saturated carbocycles. The van der Waals surface area contributed by atoms with Gasteiger partial charge in [-0.3, -0.25) is 4.79 Å². The van der Waals surface area contributed by atoms with E-state index >= 15 is 0 Å². The summed E-state index contributed by atoms with van der Waals surface area (Å²) >= 11 is 0. The van der Waals surface area contributed by atoms with Crippen molar-refractivity contribution in [2.75, 3.05) is 6.61 Å². The van der Waals surface area contributed by atoms with Crippen LogP contribution in [0.2, 0.25) is 0 Å². The lowest BCUT2D eigenvalue weighted by molar-refractivity contribution is -0.307. The molecule has 0 aliphatic heterocycles. The van der Waals surface area contributed by atoms with Gasteiger partial charge in [-0.25, -0.2) is 5.43 Å². The Morgan fingerprint density at radius 2 is 1.86 bits per heavy atom. The number of carboxylic acids is 1. The molecule has 2 aromatic carbocycles. The number of ether oxygens (including phenoxy) is 1. The Kier molecular flexibility index (Phi) is 6.01. The van der Waals surface area contributed by atoms with Gasteiger partial charge >= 0.3 is 0 Å². The molecule has 1 amide bonds. The van der Waals surface area contributed by atoms with Crippen LogP contribution in [0.1, 0.15) is 49.8 Å². The number of hydrogen-bond donors (Lipinski definition) is 1. The van der Waals surface area contributed by atoms with Crippen LogP contribution in [0, 0.1) is 5.92 Å². The molecule has 1 fully saturated rings. The van der Waals surface area contributed by atoms with E-state index in [2.05, 4.69) is 55.6 Å². The van der Waals surface area contributed by atoms with E-state index in [-0.39, 0.29) is 23.2 Å². The maximum absolute atomic E-state index is 12.4. The molecular formula is C23H25N2O4-. The molecule has 0 unspecified atom stereocenters. The van der Waals surface area contributed by atoms with Crippen molar-refractivity contribution in [1.29, 1.82) is 0 Å². The van der Waals surface area contributed by atoms with Crippen molar-refractivity contribution in [1.82, 2.24) is 5.43 Å². The first-order valence-corrected chi connectivity index (χ1v) is 9.61. The predicted molar refractivity (Wildman–Crippen MR) is 109 cm³/mol. The molecule has 6 heteroatoms. The van der Waals surface area contributed by atoms with Gasteiger partial charge in [0.1, 0.15) is 12.4 Å². The number of aliphatic carboxylic acids is 1. The van der Waals surface area contributed by atoms with Gasteiger partial charge in [-0.1, -0.05) is 57.2 Å². The first-order valence-electron chi connectivity index (χ1n) is 9.61. The van der Waals surface area contributed by atoms with Gasteiger partial charge in [-0.05, 0) is 41.0 Å². The average Bonchev–Trinajstić information content (AvgIpc) is 3.47. The van der Waals surface area contributed by atoms with Gasteiger partial charge in [0.2, 0.25) is 5.91 Å². The standard InChI is InChI=1S/C23H26N2O4/c1-23(2,3)17-10-8-15(9-11-17)18-12-19(18)22(28)25-24-13-16-6-4-5-7-20(16)29-14-21(26)27/h4-11,13,18-19H,12,14H2,1-3H3,(H,25,28)(H,26,27)/p-1/b24-13+/t18-,19+/m1/s1. The number of nitrogens with zero attached hydrogens (tertiary/aromatic N) is 1. The van der Waals surface area contributed by atoms with Gasteiger partial charge in [-0.15, -0.1) is 0 Å². The van der Waals surface area contributed by atoms with E-state index in [9.17, 15) is 14.7 Å². The van der Waals surface area contributed by atoms with Crippen LogP contribution in [0.4, 0.5) is 0 Å². The Hall–Kier alpha value is -3.15. The summed E-state index contributed by atoms with van der Waals surface area (Å²) in [6.45, 7) is 5.98. The first kappa shape index (κ1) is 20.6. The molecule has 0 saturated heterocycles. The van der Waals surface area contributed by atoms with Crippen molar-refractivity contribution in [2.45, 2.75) is 38.5 Å². The summed E-state index contributed by atoms with van der Waals surface area (Å²) in [5, 5.41) is 14.6. The van der Waals surface area contributed by atoms with Gasteiger partial charge in [0.05, 0.1) is 12.2 Å². The zero-order valence-electron chi connectivity index (χ0n) is 16.8. The number of rotatable bonds is 7. The van der Waals surface area contributed by atoms with Crippen LogP contribution < -0.4 is 15.3 Å². The fourth-order valence-electron chi connectivity index (χ4n) is 3.19. The Morgan fingerprint density at radius 1 is 1.17 bits per heavy atom. The molecule has 29 heavy (non-hydrogen) atoms. The molecule has 1 N–H and O–H groups in total. The molecular weight excluding hydrogens is 368 g/mol. The molecule has 0 spiro atoms. The highest BCUT2D eigenvalue weighted by Crippen LogP contribution is 2.47. The lowest BCUT2D eigenvalue weighted by Gasteiger charge is -2.19. The number of carboxylic acid groups (broad SMARTS) is 1. The molecule has 2 atom stereocenters. The first-order chi connectivity index (χ1) is 13.8. The lowest BCUT2D eigenvalue weighted by Crippen LogP contribution is -2.29. The van der Waals surface area contributed by atoms with Crippen LogP contribution in [0.15, 0.2) is 53.6 Å². The van der Waals surface area contributed by atoms with Crippen molar-refractivity contribution in [2.24, 2.45) is 11.0 Å². The molecule has 0 aromatic heterocycles. The summed E-state index contributed by atoms with van der Waals surface area (Å²) in [7, 11) is 0. The highest BCUT2D eigenvalue weighted by Gasteiger charge is 2.44. The second-order valence-electron chi connectivity index (χ2n) is 8.25. The zero-order valence-corrected chi connectivity index (χ0v) is 16.8. The van der Waals surface area contributed by atoms with Crippen molar-refractivity contribution in [3.63, 3.8) is 0 Å². The number of benzene rings is 2. The van der Waals surface area contributed by atoms with Gasteiger partial charge in [-0.2, -0.15) is 5.10 Å². The summed E-state index contributed by atoms with van der Waals surface area (Å²) in [5.41, 5.74) is 5.68. The van der Waals surface area contributed by atoms with Gasteiger partial charge in [0.25, 0.3) is 0 Å². The van der Waals surface area contributed by atoms with Crippen LogP contribution in [-0.2, 0) is 15.0 Å². The third-order valence-electron chi connectivity index (χ3n) is 4.97. The van der Waals surface area contributed by atoms with E-state index in [1.54, 1.807) is 24.3 Å². The van der Waals surface area contributed by atoms with E-state index < -0.39 is 12.6 Å². The summed E-state index contributed by atoms with van der Waals surface area (Å²) in [4.78, 5) is 22.9. The monoisotopic (exact) mass is 393 g/mol. The SMILES string of the molecule is CC(C)(C)c1ccc([C@H]2C[C@@H]2C(=O)N/N=C/c2ccccc2OCC(=O)[O-])cc1. The van der Waals surface area contributed by atoms with Crippen molar-refractivity contribution in [3.05, 3.63) is 65.2 Å². The summed E-state index contributed by atoms with van der Waals surface area (Å²) < 4.78 is 5.16. The second-order valence-corrected chi connectivity index (χ2v) is 8.25. The number of amides is 1. The maximum Gasteiger partial charge on any atom is 0.243 e. The predicted octanol–water partition coefficient (Wildman–Crippen LogP) is 2.37. The molecule has 1 aliphatic carbocycles. The Morgan fingerprint density at radius 3 is 2.52 bits per heavy atom. The second kappa shape index (κ2) is 8.47. The quantitative estimate of drug-likeness (QED) is 0.578. The van der Waals surface area contributed by atoms with Crippen LogP contribution in [0.25, 0.3) is 0 Å². The van der Waals surface area contributed by atoms with Crippen LogP contribution in [0.5, 0.6) is 5.75 Å². The van der Waals surface area contributed by atoms with E-state index in [0.29, 0.717) is 11.3 Å². The average molecular weight is 393 g/mol. The summed E-state index contributed by atoms with van der Waals surface area (Å²) in [6, 6.07) is 15.3. The van der Waals surface area contributed by atoms with Crippen molar-refractivity contribution < 1.29 is 19.4 Å². The van der Waals surface area contributed by atoms with E-state index in [4.69, 9.17) is 4.74 Å². The molecule has 6 nitrogen and oxygen atoms in total. The smallest absolute Gasteiger partial charge is 0.243 e.